The van der Waals surface area contributed by atoms with Gasteiger partial charge >= 0.3 is 5.97 Å². The highest BCUT2D eigenvalue weighted by molar-refractivity contribution is 5.85. The van der Waals surface area contributed by atoms with Gasteiger partial charge in [0, 0.05) is 23.7 Å². The van der Waals surface area contributed by atoms with E-state index in [2.05, 4.69) is 20.7 Å². The second-order valence-electron chi connectivity index (χ2n) is 5.50. The second kappa shape index (κ2) is 8.70. The van der Waals surface area contributed by atoms with Gasteiger partial charge in [-0.1, -0.05) is 0 Å². The number of aryl methyl sites for hydroxylation is 1. The van der Waals surface area contributed by atoms with Gasteiger partial charge in [0.1, 0.15) is 0 Å². The van der Waals surface area contributed by atoms with Gasteiger partial charge in [0.05, 0.1) is 26.9 Å². The van der Waals surface area contributed by atoms with Crippen LogP contribution in [0, 0.1) is 6.92 Å². The number of benzene rings is 1. The van der Waals surface area contributed by atoms with E-state index >= 15 is 0 Å². The molecule has 0 aliphatic heterocycles. The van der Waals surface area contributed by atoms with Crippen molar-refractivity contribution in [2.45, 2.75) is 20.3 Å². The Balaban J connectivity index is 2.13. The van der Waals surface area contributed by atoms with Crippen LogP contribution < -0.4 is 25.2 Å². The van der Waals surface area contributed by atoms with Crippen molar-refractivity contribution in [3.63, 3.8) is 0 Å². The average molecular weight is 376 g/mol. The number of nitrogens with one attached hydrogen (secondary N) is 3. The SMILES string of the molecule is COc1cc(C=NNC(=O)Cc2c(C)[nH][nH]c2=O)cc(OC)c1OC(C)=O. The number of amides is 1. The third kappa shape index (κ3) is 4.97. The maximum atomic E-state index is 11.9. The van der Waals surface area contributed by atoms with Crippen molar-refractivity contribution in [1.82, 2.24) is 15.6 Å². The number of hydrogen-bond donors (Lipinski definition) is 3. The van der Waals surface area contributed by atoms with Gasteiger partial charge in [-0.05, 0) is 19.1 Å². The molecule has 0 bridgehead atoms. The van der Waals surface area contributed by atoms with Crippen LogP contribution >= 0.6 is 0 Å². The molecule has 0 fully saturated rings. The molecule has 2 aromatic rings. The molecule has 10 nitrogen and oxygen atoms in total. The van der Waals surface area contributed by atoms with E-state index in [0.717, 1.165) is 0 Å². The Hall–Kier alpha value is -3.56. The predicted octanol–water partition coefficient (Wildman–Crippen LogP) is 0.647. The molecule has 0 atom stereocenters. The minimum absolute atomic E-state index is 0.111. The molecule has 0 radical (unpaired) electrons. The molecule has 1 aromatic heterocycles. The molecule has 0 aliphatic carbocycles. The number of carbonyl (C=O) groups excluding carboxylic acids is 2. The van der Waals surface area contributed by atoms with Gasteiger partial charge in [-0.3, -0.25) is 19.5 Å². The van der Waals surface area contributed by atoms with Gasteiger partial charge in [-0.15, -0.1) is 0 Å². The number of aromatic nitrogens is 2. The normalized spacial score (nSPS) is 10.7. The van der Waals surface area contributed by atoms with Crippen molar-refractivity contribution in [3.05, 3.63) is 39.3 Å². The number of hydrogen-bond acceptors (Lipinski definition) is 7. The van der Waals surface area contributed by atoms with E-state index in [1.807, 2.05) is 0 Å². The zero-order valence-electron chi connectivity index (χ0n) is 15.3. The van der Waals surface area contributed by atoms with Crippen molar-refractivity contribution in [2.75, 3.05) is 14.2 Å². The van der Waals surface area contributed by atoms with Crippen molar-refractivity contribution in [3.8, 4) is 17.2 Å². The minimum atomic E-state index is -0.518. The molecular weight excluding hydrogens is 356 g/mol. The van der Waals surface area contributed by atoms with E-state index in [0.29, 0.717) is 16.8 Å². The summed E-state index contributed by atoms with van der Waals surface area (Å²) in [5, 5.41) is 8.91. The van der Waals surface area contributed by atoms with Crippen LogP contribution in [0.4, 0.5) is 0 Å². The van der Waals surface area contributed by atoms with E-state index in [-0.39, 0.29) is 29.2 Å². The maximum Gasteiger partial charge on any atom is 0.308 e. The topological polar surface area (TPSA) is 135 Å². The van der Waals surface area contributed by atoms with Gasteiger partial charge < -0.3 is 19.3 Å². The van der Waals surface area contributed by atoms with Gasteiger partial charge in [0.25, 0.3) is 5.56 Å². The lowest BCUT2D eigenvalue weighted by Gasteiger charge is -2.13. The number of esters is 1. The summed E-state index contributed by atoms with van der Waals surface area (Å²) >= 11 is 0. The highest BCUT2D eigenvalue weighted by Gasteiger charge is 2.16. The van der Waals surface area contributed by atoms with Crippen LogP contribution in [-0.4, -0.2) is 42.5 Å². The van der Waals surface area contributed by atoms with E-state index in [1.165, 1.54) is 27.4 Å². The highest BCUT2D eigenvalue weighted by Crippen LogP contribution is 2.38. The average Bonchev–Trinajstić information content (AvgIpc) is 2.94. The largest absolute Gasteiger partial charge is 0.493 e. The van der Waals surface area contributed by atoms with Crippen LogP contribution in [0.25, 0.3) is 0 Å². The lowest BCUT2D eigenvalue weighted by atomic mass is 10.2. The van der Waals surface area contributed by atoms with Crippen LogP contribution in [0.2, 0.25) is 0 Å². The number of nitrogens with zero attached hydrogens (tertiary/aromatic N) is 1. The van der Waals surface area contributed by atoms with Gasteiger partial charge in [0.15, 0.2) is 11.5 Å². The molecule has 0 aliphatic rings. The maximum absolute atomic E-state index is 11.9. The number of methoxy groups -OCH3 is 2. The standard InChI is InChI=1S/C17H20N4O6/c1-9-12(17(24)21-19-9)7-15(23)20-18-8-11-5-13(25-3)16(27-10(2)22)14(6-11)26-4/h5-6,8H,7H2,1-4H3,(H,20,23)(H2,19,21,24). The molecule has 0 saturated heterocycles. The lowest BCUT2D eigenvalue weighted by molar-refractivity contribution is -0.132. The molecular formula is C17H20N4O6. The molecule has 27 heavy (non-hydrogen) atoms. The molecule has 0 saturated carbocycles. The summed E-state index contributed by atoms with van der Waals surface area (Å²) in [7, 11) is 2.84. The number of carbonyl (C=O) groups is 2. The first-order chi connectivity index (χ1) is 12.8. The fourth-order valence-electron chi connectivity index (χ4n) is 2.28. The van der Waals surface area contributed by atoms with Gasteiger partial charge in [-0.25, -0.2) is 5.43 Å². The zero-order valence-corrected chi connectivity index (χ0v) is 15.3. The predicted molar refractivity (Wildman–Crippen MR) is 96.4 cm³/mol. The summed E-state index contributed by atoms with van der Waals surface area (Å²) in [6.07, 6.45) is 1.26. The van der Waals surface area contributed by atoms with Crippen LogP contribution in [-0.2, 0) is 16.0 Å². The van der Waals surface area contributed by atoms with Crippen molar-refractivity contribution in [1.29, 1.82) is 0 Å². The molecule has 1 amide bonds. The van der Waals surface area contributed by atoms with E-state index in [4.69, 9.17) is 14.2 Å². The number of aromatic amines is 2. The summed E-state index contributed by atoms with van der Waals surface area (Å²) in [6.45, 7) is 2.95. The Morgan fingerprint density at radius 2 is 1.81 bits per heavy atom. The van der Waals surface area contributed by atoms with Crippen molar-refractivity contribution in [2.24, 2.45) is 5.10 Å². The van der Waals surface area contributed by atoms with Crippen LogP contribution in [0.1, 0.15) is 23.7 Å². The Morgan fingerprint density at radius 3 is 2.30 bits per heavy atom. The van der Waals surface area contributed by atoms with E-state index in [9.17, 15) is 14.4 Å². The number of hydrazone groups is 1. The first-order valence-electron chi connectivity index (χ1n) is 7.88. The van der Waals surface area contributed by atoms with Crippen LogP contribution in [0.15, 0.2) is 22.0 Å². The Morgan fingerprint density at radius 1 is 1.19 bits per heavy atom. The highest BCUT2D eigenvalue weighted by atomic mass is 16.6. The number of ether oxygens (including phenoxy) is 3. The number of H-pyrrole nitrogens is 2. The van der Waals surface area contributed by atoms with Crippen LogP contribution in [0.5, 0.6) is 17.2 Å². The smallest absolute Gasteiger partial charge is 0.308 e. The molecule has 10 heteroatoms. The summed E-state index contributed by atoms with van der Waals surface area (Å²) in [5.74, 6) is -0.278. The second-order valence-corrected chi connectivity index (χ2v) is 5.50. The molecule has 2 rings (SSSR count). The number of rotatable bonds is 7. The quantitative estimate of drug-likeness (QED) is 0.281. The monoisotopic (exact) mass is 376 g/mol. The molecule has 3 N–H and O–H groups in total. The fourth-order valence-corrected chi connectivity index (χ4v) is 2.28. The first-order valence-corrected chi connectivity index (χ1v) is 7.88. The van der Waals surface area contributed by atoms with Crippen molar-refractivity contribution >= 4 is 18.1 Å². The van der Waals surface area contributed by atoms with Crippen molar-refractivity contribution < 1.29 is 23.8 Å². The van der Waals surface area contributed by atoms with Gasteiger partial charge in [-0.2, -0.15) is 5.10 Å². The Bertz CT molecular complexity index is 903. The first kappa shape index (κ1) is 19.8. The Kier molecular flexibility index (Phi) is 6.36. The fraction of sp³-hybridized carbons (Fsp3) is 0.294. The van der Waals surface area contributed by atoms with Gasteiger partial charge in [0.2, 0.25) is 11.7 Å². The van der Waals surface area contributed by atoms with E-state index in [1.54, 1.807) is 19.1 Å². The van der Waals surface area contributed by atoms with E-state index < -0.39 is 11.9 Å². The Labute approximate surface area is 154 Å². The molecule has 0 spiro atoms. The molecule has 1 heterocycles. The molecule has 0 unspecified atom stereocenters. The summed E-state index contributed by atoms with van der Waals surface area (Å²) < 4.78 is 15.5. The molecule has 144 valence electrons. The minimum Gasteiger partial charge on any atom is -0.493 e. The molecule has 1 aromatic carbocycles. The summed E-state index contributed by atoms with van der Waals surface area (Å²) in [4.78, 5) is 34.7. The lowest BCUT2D eigenvalue weighted by Crippen LogP contribution is -2.23. The zero-order chi connectivity index (χ0) is 20.0. The summed E-state index contributed by atoms with van der Waals surface area (Å²) in [5.41, 5.74) is 3.47. The third-order valence-corrected chi connectivity index (χ3v) is 3.56. The summed E-state index contributed by atoms with van der Waals surface area (Å²) in [6, 6.07) is 3.13. The van der Waals surface area contributed by atoms with Crippen LogP contribution in [0.3, 0.4) is 0 Å². The third-order valence-electron chi connectivity index (χ3n) is 3.56.